The standard InChI is InChI=1S/C13H16N2OS/c1-3-13-15-11(8-17-13)7-16-12-5-4-10(14)6-9(12)2/h4-6,8H,3,7,14H2,1-2H3. The third-order valence-electron chi connectivity index (χ3n) is 2.48. The van der Waals surface area contributed by atoms with Crippen molar-refractivity contribution >= 4 is 17.0 Å². The van der Waals surface area contributed by atoms with Crippen LogP contribution in [0, 0.1) is 6.92 Å². The molecule has 0 unspecified atom stereocenters. The first kappa shape index (κ1) is 11.9. The van der Waals surface area contributed by atoms with Gasteiger partial charge in [-0.2, -0.15) is 0 Å². The Labute approximate surface area is 105 Å². The van der Waals surface area contributed by atoms with Gasteiger partial charge in [0.25, 0.3) is 0 Å². The second-order valence-electron chi connectivity index (χ2n) is 3.90. The van der Waals surface area contributed by atoms with Gasteiger partial charge in [0.15, 0.2) is 0 Å². The van der Waals surface area contributed by atoms with E-state index in [0.717, 1.165) is 34.1 Å². The molecule has 0 bridgehead atoms. The quantitative estimate of drug-likeness (QED) is 0.845. The Kier molecular flexibility index (Phi) is 3.64. The Morgan fingerprint density at radius 3 is 2.88 bits per heavy atom. The lowest BCUT2D eigenvalue weighted by atomic mass is 10.2. The zero-order valence-electron chi connectivity index (χ0n) is 10.1. The zero-order chi connectivity index (χ0) is 12.3. The van der Waals surface area contributed by atoms with Crippen LogP contribution in [0.1, 0.15) is 23.2 Å². The van der Waals surface area contributed by atoms with Crippen LogP contribution in [0.3, 0.4) is 0 Å². The van der Waals surface area contributed by atoms with Gasteiger partial charge in [-0.15, -0.1) is 11.3 Å². The molecule has 0 aliphatic carbocycles. The van der Waals surface area contributed by atoms with Crippen LogP contribution in [0.2, 0.25) is 0 Å². The van der Waals surface area contributed by atoms with E-state index in [1.165, 1.54) is 0 Å². The Hall–Kier alpha value is -1.55. The lowest BCUT2D eigenvalue weighted by molar-refractivity contribution is 0.300. The van der Waals surface area contributed by atoms with Crippen molar-refractivity contribution in [2.24, 2.45) is 0 Å². The Morgan fingerprint density at radius 2 is 2.24 bits per heavy atom. The second-order valence-corrected chi connectivity index (χ2v) is 4.84. The van der Waals surface area contributed by atoms with E-state index >= 15 is 0 Å². The van der Waals surface area contributed by atoms with Gasteiger partial charge in [-0.1, -0.05) is 6.92 Å². The molecule has 3 nitrogen and oxygen atoms in total. The normalized spacial score (nSPS) is 10.5. The molecule has 0 aliphatic rings. The summed E-state index contributed by atoms with van der Waals surface area (Å²) in [5, 5.41) is 3.20. The maximum Gasteiger partial charge on any atom is 0.131 e. The fourth-order valence-corrected chi connectivity index (χ4v) is 2.29. The number of anilines is 1. The highest BCUT2D eigenvalue weighted by Gasteiger charge is 2.03. The fraction of sp³-hybridized carbons (Fsp3) is 0.308. The van der Waals surface area contributed by atoms with Crippen LogP contribution in [-0.4, -0.2) is 4.98 Å². The molecule has 1 aromatic carbocycles. The number of nitrogens with zero attached hydrogens (tertiary/aromatic N) is 1. The predicted octanol–water partition coefficient (Wildman–Crippen LogP) is 3.18. The van der Waals surface area contributed by atoms with Crippen molar-refractivity contribution in [3.8, 4) is 5.75 Å². The second kappa shape index (κ2) is 5.19. The smallest absolute Gasteiger partial charge is 0.131 e. The number of aryl methyl sites for hydroxylation is 2. The Balaban J connectivity index is 2.02. The molecule has 0 fully saturated rings. The third kappa shape index (κ3) is 2.97. The molecular formula is C13H16N2OS. The summed E-state index contributed by atoms with van der Waals surface area (Å²) in [7, 11) is 0. The first-order valence-corrected chi connectivity index (χ1v) is 6.49. The van der Waals surface area contributed by atoms with Crippen LogP contribution >= 0.6 is 11.3 Å². The molecule has 90 valence electrons. The summed E-state index contributed by atoms with van der Waals surface area (Å²) < 4.78 is 5.72. The summed E-state index contributed by atoms with van der Waals surface area (Å²) in [6, 6.07) is 5.66. The lowest BCUT2D eigenvalue weighted by Gasteiger charge is -2.08. The summed E-state index contributed by atoms with van der Waals surface area (Å²) >= 11 is 1.68. The van der Waals surface area contributed by atoms with Gasteiger partial charge in [0, 0.05) is 11.1 Å². The van der Waals surface area contributed by atoms with Gasteiger partial charge < -0.3 is 10.5 Å². The first-order chi connectivity index (χ1) is 8.19. The molecule has 2 N–H and O–H groups in total. The van der Waals surface area contributed by atoms with E-state index in [9.17, 15) is 0 Å². The molecule has 0 amide bonds. The molecule has 2 aromatic rings. The van der Waals surface area contributed by atoms with Crippen LogP contribution in [0.5, 0.6) is 5.75 Å². The largest absolute Gasteiger partial charge is 0.487 e. The zero-order valence-corrected chi connectivity index (χ0v) is 10.9. The number of benzene rings is 1. The number of thiazole rings is 1. The predicted molar refractivity (Wildman–Crippen MR) is 71.4 cm³/mol. The van der Waals surface area contributed by atoms with E-state index in [1.807, 2.05) is 30.5 Å². The highest BCUT2D eigenvalue weighted by Crippen LogP contribution is 2.21. The number of hydrogen-bond donors (Lipinski definition) is 1. The number of aromatic nitrogens is 1. The highest BCUT2D eigenvalue weighted by atomic mass is 32.1. The van der Waals surface area contributed by atoms with Crippen molar-refractivity contribution in [2.75, 3.05) is 5.73 Å². The number of hydrogen-bond acceptors (Lipinski definition) is 4. The van der Waals surface area contributed by atoms with E-state index in [0.29, 0.717) is 6.61 Å². The number of nitrogens with two attached hydrogens (primary N) is 1. The van der Waals surface area contributed by atoms with Gasteiger partial charge in [-0.05, 0) is 37.1 Å². The van der Waals surface area contributed by atoms with E-state index in [2.05, 4.69) is 11.9 Å². The van der Waals surface area contributed by atoms with Crippen LogP contribution in [-0.2, 0) is 13.0 Å². The van der Waals surface area contributed by atoms with Gasteiger partial charge in [-0.3, -0.25) is 0 Å². The monoisotopic (exact) mass is 248 g/mol. The van der Waals surface area contributed by atoms with Crippen molar-refractivity contribution in [3.63, 3.8) is 0 Å². The van der Waals surface area contributed by atoms with Crippen molar-refractivity contribution in [1.82, 2.24) is 4.98 Å². The number of ether oxygens (including phenoxy) is 1. The molecule has 0 saturated heterocycles. The minimum absolute atomic E-state index is 0.515. The van der Waals surface area contributed by atoms with Gasteiger partial charge in [0.1, 0.15) is 12.4 Å². The molecular weight excluding hydrogens is 232 g/mol. The molecule has 1 heterocycles. The van der Waals surface area contributed by atoms with Crippen LogP contribution in [0.15, 0.2) is 23.6 Å². The molecule has 1 aromatic heterocycles. The summed E-state index contributed by atoms with van der Waals surface area (Å²) in [6.45, 7) is 4.61. The van der Waals surface area contributed by atoms with Crippen LogP contribution in [0.4, 0.5) is 5.69 Å². The van der Waals surface area contributed by atoms with Crippen LogP contribution < -0.4 is 10.5 Å². The van der Waals surface area contributed by atoms with Crippen LogP contribution in [0.25, 0.3) is 0 Å². The number of nitrogen functional groups attached to an aromatic ring is 1. The Bertz CT molecular complexity index is 508. The van der Waals surface area contributed by atoms with Gasteiger partial charge in [0.2, 0.25) is 0 Å². The van der Waals surface area contributed by atoms with Crippen molar-refractivity contribution < 1.29 is 4.74 Å². The topological polar surface area (TPSA) is 48.1 Å². The summed E-state index contributed by atoms with van der Waals surface area (Å²) in [6.07, 6.45) is 0.978. The van der Waals surface area contributed by atoms with Crippen molar-refractivity contribution in [2.45, 2.75) is 26.9 Å². The molecule has 0 saturated carbocycles. The minimum atomic E-state index is 0.515. The molecule has 0 spiro atoms. The van der Waals surface area contributed by atoms with Crippen molar-refractivity contribution in [3.05, 3.63) is 39.8 Å². The average Bonchev–Trinajstić information content (AvgIpc) is 2.76. The SMILES string of the molecule is CCc1nc(COc2ccc(N)cc2C)cs1. The van der Waals surface area contributed by atoms with Gasteiger partial charge in [0.05, 0.1) is 10.7 Å². The Morgan fingerprint density at radius 1 is 1.41 bits per heavy atom. The molecule has 0 radical (unpaired) electrons. The third-order valence-corrected chi connectivity index (χ3v) is 3.52. The summed E-state index contributed by atoms with van der Waals surface area (Å²) in [5.41, 5.74) is 8.49. The highest BCUT2D eigenvalue weighted by molar-refractivity contribution is 7.09. The van der Waals surface area contributed by atoms with E-state index in [-0.39, 0.29) is 0 Å². The van der Waals surface area contributed by atoms with Gasteiger partial charge in [-0.25, -0.2) is 4.98 Å². The average molecular weight is 248 g/mol. The fourth-order valence-electron chi connectivity index (χ4n) is 1.56. The molecule has 0 atom stereocenters. The van der Waals surface area contributed by atoms with Gasteiger partial charge >= 0.3 is 0 Å². The molecule has 2 rings (SSSR count). The molecule has 0 aliphatic heterocycles. The lowest BCUT2D eigenvalue weighted by Crippen LogP contribution is -1.98. The first-order valence-electron chi connectivity index (χ1n) is 5.61. The van der Waals surface area contributed by atoms with Crippen molar-refractivity contribution in [1.29, 1.82) is 0 Å². The summed E-state index contributed by atoms with van der Waals surface area (Å²) in [5.74, 6) is 0.866. The minimum Gasteiger partial charge on any atom is -0.487 e. The molecule has 4 heteroatoms. The summed E-state index contributed by atoms with van der Waals surface area (Å²) in [4.78, 5) is 4.46. The maximum absolute atomic E-state index is 5.72. The number of rotatable bonds is 4. The van der Waals surface area contributed by atoms with E-state index in [1.54, 1.807) is 11.3 Å². The maximum atomic E-state index is 5.72. The molecule has 17 heavy (non-hydrogen) atoms. The van der Waals surface area contributed by atoms with E-state index < -0.39 is 0 Å². The van der Waals surface area contributed by atoms with E-state index in [4.69, 9.17) is 10.5 Å².